The normalized spacial score (nSPS) is 10.2. The number of hydrogen-bond acceptors (Lipinski definition) is 4. The molecule has 0 unspecified atom stereocenters. The predicted octanol–water partition coefficient (Wildman–Crippen LogP) is 1.42. The van der Waals surface area contributed by atoms with Gasteiger partial charge in [-0.3, -0.25) is 4.98 Å². The molecule has 1 aromatic heterocycles. The molecule has 0 aromatic carbocycles. The molecule has 1 heterocycles. The van der Waals surface area contributed by atoms with Gasteiger partial charge in [0.05, 0.1) is 0 Å². The number of hydrogen-bond donors (Lipinski definition) is 3. The van der Waals surface area contributed by atoms with Crippen molar-refractivity contribution in [1.29, 1.82) is 0 Å². The molecule has 1 rings (SSSR count). The Morgan fingerprint density at radius 1 is 1.30 bits per heavy atom. The first-order valence-electron chi connectivity index (χ1n) is 5.91. The highest BCUT2D eigenvalue weighted by atomic mass is 16.4. The van der Waals surface area contributed by atoms with Gasteiger partial charge in [0, 0.05) is 24.5 Å². The molecule has 0 atom stereocenters. The summed E-state index contributed by atoms with van der Waals surface area (Å²) >= 11 is 0. The number of nitrogens with zero attached hydrogens (tertiary/aromatic N) is 1. The van der Waals surface area contributed by atoms with Gasteiger partial charge in [0.15, 0.2) is 0 Å². The second-order valence-corrected chi connectivity index (χ2v) is 3.59. The van der Waals surface area contributed by atoms with Gasteiger partial charge in [0.1, 0.15) is 0 Å². The van der Waals surface area contributed by atoms with E-state index < -0.39 is 11.9 Å². The monoisotopic (exact) mass is 278 g/mol. The fourth-order valence-electron chi connectivity index (χ4n) is 1.06. The van der Waals surface area contributed by atoms with Crippen molar-refractivity contribution >= 4 is 18.0 Å². The zero-order chi connectivity index (χ0) is 15.2. The van der Waals surface area contributed by atoms with Crippen molar-refractivity contribution in [1.82, 2.24) is 10.3 Å². The molecular weight excluding hydrogens is 260 g/mol. The first-order chi connectivity index (χ1) is 9.56. The maximum atomic E-state index is 9.55. The molecule has 1 aromatic rings. The van der Waals surface area contributed by atoms with Gasteiger partial charge in [-0.15, -0.1) is 0 Å². The van der Waals surface area contributed by atoms with Gasteiger partial charge < -0.3 is 15.5 Å². The summed E-state index contributed by atoms with van der Waals surface area (Å²) in [4.78, 5) is 23.1. The lowest BCUT2D eigenvalue weighted by Crippen LogP contribution is -2.05. The molecule has 0 aliphatic rings. The maximum absolute atomic E-state index is 9.55. The third kappa shape index (κ3) is 12.0. The van der Waals surface area contributed by atoms with E-state index in [0.29, 0.717) is 12.2 Å². The first kappa shape index (κ1) is 17.5. The Morgan fingerprint density at radius 2 is 1.95 bits per heavy atom. The minimum absolute atomic E-state index is 0.558. The Kier molecular flexibility index (Phi) is 10.2. The van der Waals surface area contributed by atoms with Gasteiger partial charge in [-0.25, -0.2) is 9.59 Å². The Hall–Kier alpha value is -2.47. The minimum Gasteiger partial charge on any atom is -0.478 e. The molecule has 6 heteroatoms. The van der Waals surface area contributed by atoms with E-state index in [4.69, 9.17) is 10.2 Å². The molecule has 3 N–H and O–H groups in total. The Balaban J connectivity index is 0.000000396. The molecule has 0 spiro atoms. The summed E-state index contributed by atoms with van der Waals surface area (Å²) in [6.45, 7) is 1.02. The van der Waals surface area contributed by atoms with Gasteiger partial charge in [-0.05, 0) is 31.6 Å². The molecule has 20 heavy (non-hydrogen) atoms. The topological polar surface area (TPSA) is 99.5 Å². The van der Waals surface area contributed by atoms with E-state index in [1.54, 1.807) is 6.20 Å². The van der Waals surface area contributed by atoms with Crippen LogP contribution >= 0.6 is 0 Å². The average Bonchev–Trinajstić information content (AvgIpc) is 2.43. The zero-order valence-corrected chi connectivity index (χ0v) is 11.2. The van der Waals surface area contributed by atoms with Crippen molar-refractivity contribution in [3.63, 3.8) is 0 Å². The number of carboxylic acid groups (broad SMARTS) is 2. The fourth-order valence-corrected chi connectivity index (χ4v) is 1.06. The smallest absolute Gasteiger partial charge is 0.328 e. The number of aliphatic carboxylic acids is 2. The lowest BCUT2D eigenvalue weighted by atomic mass is 10.2. The zero-order valence-electron chi connectivity index (χ0n) is 11.2. The van der Waals surface area contributed by atoms with Gasteiger partial charge in [0.2, 0.25) is 0 Å². The van der Waals surface area contributed by atoms with Crippen LogP contribution in [0.15, 0.2) is 42.8 Å². The quantitative estimate of drug-likeness (QED) is 0.537. The van der Waals surface area contributed by atoms with Crippen LogP contribution in [0, 0.1) is 0 Å². The maximum Gasteiger partial charge on any atom is 0.328 e. The number of carbonyl (C=O) groups is 2. The summed E-state index contributed by atoms with van der Waals surface area (Å²) in [6, 6.07) is 3.99. The van der Waals surface area contributed by atoms with E-state index in [0.717, 1.165) is 18.5 Å². The van der Waals surface area contributed by atoms with E-state index in [9.17, 15) is 9.59 Å². The van der Waals surface area contributed by atoms with Crippen molar-refractivity contribution in [3.8, 4) is 0 Å². The largest absolute Gasteiger partial charge is 0.478 e. The molecule has 0 bridgehead atoms. The number of nitrogens with one attached hydrogen (secondary N) is 1. The highest BCUT2D eigenvalue weighted by molar-refractivity contribution is 5.89. The molecule has 0 radical (unpaired) electrons. The minimum atomic E-state index is -1.26. The van der Waals surface area contributed by atoms with Crippen LogP contribution in [0.3, 0.4) is 0 Å². The van der Waals surface area contributed by atoms with Gasteiger partial charge >= 0.3 is 11.9 Å². The Labute approximate surface area is 117 Å². The highest BCUT2D eigenvalue weighted by Crippen LogP contribution is 1.98. The molecule has 0 saturated heterocycles. The number of rotatable bonds is 6. The summed E-state index contributed by atoms with van der Waals surface area (Å²) < 4.78 is 0. The van der Waals surface area contributed by atoms with E-state index in [-0.39, 0.29) is 0 Å². The van der Waals surface area contributed by atoms with Gasteiger partial charge in [-0.1, -0.05) is 18.2 Å². The standard InChI is InChI=1S/C10H14N2.C4H4O4/c1-11-7-3-2-5-10-6-4-8-12-9-10;5-3(6)1-2-4(7)8/h2,4-6,8-9,11H,3,7H2,1H3;1-2H,(H,5,6)(H,7,8). The molecule has 0 fully saturated rings. The van der Waals surface area contributed by atoms with Crippen molar-refractivity contribution < 1.29 is 19.8 Å². The van der Waals surface area contributed by atoms with E-state index >= 15 is 0 Å². The molecule has 0 aliphatic heterocycles. The first-order valence-corrected chi connectivity index (χ1v) is 5.91. The van der Waals surface area contributed by atoms with E-state index in [1.165, 1.54) is 0 Å². The summed E-state index contributed by atoms with van der Waals surface area (Å²) in [5.41, 5.74) is 1.16. The van der Waals surface area contributed by atoms with Crippen molar-refractivity contribution in [2.24, 2.45) is 0 Å². The number of aromatic nitrogens is 1. The number of pyridine rings is 1. The lowest BCUT2D eigenvalue weighted by molar-refractivity contribution is -0.134. The third-order valence-corrected chi connectivity index (χ3v) is 1.92. The molecule has 0 amide bonds. The van der Waals surface area contributed by atoms with Crippen LogP contribution in [-0.4, -0.2) is 40.7 Å². The van der Waals surface area contributed by atoms with Crippen LogP contribution in [0.1, 0.15) is 12.0 Å². The van der Waals surface area contributed by atoms with Crippen LogP contribution in [0.4, 0.5) is 0 Å². The van der Waals surface area contributed by atoms with Gasteiger partial charge in [-0.2, -0.15) is 0 Å². The molecular formula is C14H18N2O4. The van der Waals surface area contributed by atoms with Crippen molar-refractivity contribution in [3.05, 3.63) is 48.3 Å². The van der Waals surface area contributed by atoms with Crippen LogP contribution in [0.5, 0.6) is 0 Å². The van der Waals surface area contributed by atoms with Crippen LogP contribution in [0.25, 0.3) is 6.08 Å². The Morgan fingerprint density at radius 3 is 2.40 bits per heavy atom. The highest BCUT2D eigenvalue weighted by Gasteiger charge is 1.88. The van der Waals surface area contributed by atoms with Crippen LogP contribution < -0.4 is 5.32 Å². The molecule has 108 valence electrons. The van der Waals surface area contributed by atoms with E-state index in [2.05, 4.69) is 22.5 Å². The van der Waals surface area contributed by atoms with Gasteiger partial charge in [0.25, 0.3) is 0 Å². The van der Waals surface area contributed by atoms with Crippen LogP contribution in [-0.2, 0) is 9.59 Å². The number of carboxylic acids is 2. The second kappa shape index (κ2) is 11.6. The third-order valence-electron chi connectivity index (χ3n) is 1.92. The second-order valence-electron chi connectivity index (χ2n) is 3.59. The summed E-state index contributed by atoms with van der Waals surface area (Å²) in [7, 11) is 1.96. The molecule has 0 saturated carbocycles. The predicted molar refractivity (Wildman–Crippen MR) is 76.2 cm³/mol. The summed E-state index contributed by atoms with van der Waals surface area (Å²) in [5.74, 6) is -2.51. The molecule has 0 aliphatic carbocycles. The summed E-state index contributed by atoms with van der Waals surface area (Å²) in [6.07, 6.45) is 10.1. The van der Waals surface area contributed by atoms with E-state index in [1.807, 2.05) is 25.4 Å². The summed E-state index contributed by atoms with van der Waals surface area (Å²) in [5, 5.41) is 18.7. The lowest BCUT2D eigenvalue weighted by Gasteiger charge is -1.92. The average molecular weight is 278 g/mol. The van der Waals surface area contributed by atoms with Crippen molar-refractivity contribution in [2.75, 3.05) is 13.6 Å². The SMILES string of the molecule is CNCCC=Cc1cccnc1.O=C(O)C=CC(=O)O. The van der Waals surface area contributed by atoms with Crippen LogP contribution in [0.2, 0.25) is 0 Å². The molecule has 6 nitrogen and oxygen atoms in total. The van der Waals surface area contributed by atoms with Crippen molar-refractivity contribution in [2.45, 2.75) is 6.42 Å². The fraction of sp³-hybridized carbons (Fsp3) is 0.214. The Bertz CT molecular complexity index is 440.